The molecule has 6 rings (SSSR count). The fourth-order valence-corrected chi connectivity index (χ4v) is 7.70. The Bertz CT molecular complexity index is 1340. The van der Waals surface area contributed by atoms with E-state index in [2.05, 4.69) is 5.32 Å². The highest BCUT2D eigenvalue weighted by atomic mass is 16.7. The second kappa shape index (κ2) is 9.12. The summed E-state index contributed by atoms with van der Waals surface area (Å²) in [6, 6.07) is 8.52. The highest BCUT2D eigenvalue weighted by molar-refractivity contribution is 5.87. The van der Waals surface area contributed by atoms with Crippen LogP contribution in [-0.2, 0) is 29.2 Å². The van der Waals surface area contributed by atoms with Crippen molar-refractivity contribution in [2.45, 2.75) is 54.3 Å². The maximum Gasteiger partial charge on any atom is 0.331 e. The van der Waals surface area contributed by atoms with Crippen molar-refractivity contribution in [3.8, 4) is 23.0 Å². The van der Waals surface area contributed by atoms with E-state index < -0.39 is 34.9 Å². The minimum atomic E-state index is -1.28. The van der Waals surface area contributed by atoms with E-state index >= 15 is 0 Å². The standard InChI is InChI=1S/C29H33NO9/c1-34-19-8-5-16(13-18(19)31)6-10-23(32)38-22-14-27-11-12-30-28(27)15-21(39-29(28,37-4)26(22)36-3)17-7-9-20(35-2)25(33)24(17)27/h5-10,13,21-22,26,30-31,33H,11-12,14-15H2,1-4H3/b10-6+/t21-,22-,26?,27-,28-,29-/m0/s1. The largest absolute Gasteiger partial charge is 0.504 e. The van der Waals surface area contributed by atoms with Gasteiger partial charge in [0.1, 0.15) is 12.2 Å². The van der Waals surface area contributed by atoms with Crippen molar-refractivity contribution in [1.82, 2.24) is 5.32 Å². The van der Waals surface area contributed by atoms with Gasteiger partial charge in [0.25, 0.3) is 0 Å². The van der Waals surface area contributed by atoms with Crippen molar-refractivity contribution in [2.75, 3.05) is 35.0 Å². The Labute approximate surface area is 226 Å². The van der Waals surface area contributed by atoms with Crippen LogP contribution in [0.1, 0.15) is 42.1 Å². The fourth-order valence-electron chi connectivity index (χ4n) is 7.70. The van der Waals surface area contributed by atoms with E-state index in [1.54, 1.807) is 38.5 Å². The highest BCUT2D eigenvalue weighted by Gasteiger charge is 2.81. The number of fused-ring (bicyclic) bond motifs is 3. The molecule has 3 fully saturated rings. The number of carbonyl (C=O) groups excluding carboxylic acids is 1. The van der Waals surface area contributed by atoms with Gasteiger partial charge in [0.05, 0.1) is 25.9 Å². The number of aromatic hydroxyl groups is 2. The van der Waals surface area contributed by atoms with Crippen LogP contribution < -0.4 is 14.8 Å². The van der Waals surface area contributed by atoms with Crippen LogP contribution in [0.25, 0.3) is 6.08 Å². The Morgan fingerprint density at radius 1 is 1.08 bits per heavy atom. The number of phenols is 2. The fraction of sp³-hybridized carbons (Fsp3) is 0.483. The van der Waals surface area contributed by atoms with E-state index in [0.29, 0.717) is 42.9 Å². The van der Waals surface area contributed by atoms with E-state index in [4.69, 9.17) is 28.4 Å². The molecular weight excluding hydrogens is 506 g/mol. The number of esters is 1. The normalized spacial score (nSPS) is 34.0. The molecule has 0 amide bonds. The monoisotopic (exact) mass is 539 g/mol. The molecule has 0 radical (unpaired) electrons. The predicted molar refractivity (Wildman–Crippen MR) is 139 cm³/mol. The molecule has 2 aliphatic carbocycles. The maximum absolute atomic E-state index is 13.1. The number of hydrogen-bond acceptors (Lipinski definition) is 10. The lowest BCUT2D eigenvalue weighted by atomic mass is 9.50. The second-order valence-electron chi connectivity index (χ2n) is 10.5. The van der Waals surface area contributed by atoms with E-state index in [-0.39, 0.29) is 17.6 Å². The molecule has 6 atom stereocenters. The third-order valence-corrected chi connectivity index (χ3v) is 9.12. The van der Waals surface area contributed by atoms with Gasteiger partial charge in [-0.25, -0.2) is 4.79 Å². The number of methoxy groups -OCH3 is 4. The summed E-state index contributed by atoms with van der Waals surface area (Å²) in [7, 11) is 6.13. The molecule has 2 bridgehead atoms. The first-order chi connectivity index (χ1) is 18.8. The average molecular weight is 540 g/mol. The van der Waals surface area contributed by atoms with Crippen molar-refractivity contribution >= 4 is 12.0 Å². The summed E-state index contributed by atoms with van der Waals surface area (Å²) in [5.41, 5.74) is 0.854. The van der Waals surface area contributed by atoms with Crippen molar-refractivity contribution in [2.24, 2.45) is 0 Å². The van der Waals surface area contributed by atoms with E-state index in [1.165, 1.54) is 26.4 Å². The van der Waals surface area contributed by atoms with E-state index in [0.717, 1.165) is 11.1 Å². The molecule has 1 unspecified atom stereocenters. The number of rotatable bonds is 7. The van der Waals surface area contributed by atoms with Gasteiger partial charge < -0.3 is 44.0 Å². The molecule has 1 spiro atoms. The number of phenolic OH excluding ortho intramolecular Hbond substituents is 2. The van der Waals surface area contributed by atoms with Crippen LogP contribution in [-0.4, -0.2) is 74.7 Å². The molecule has 10 heteroatoms. The molecule has 2 aliphatic heterocycles. The topological polar surface area (TPSA) is 125 Å². The third kappa shape index (κ3) is 3.32. The van der Waals surface area contributed by atoms with Crippen LogP contribution >= 0.6 is 0 Å². The lowest BCUT2D eigenvalue weighted by Gasteiger charge is -2.59. The molecular formula is C29H33NO9. The highest BCUT2D eigenvalue weighted by Crippen LogP contribution is 2.71. The number of benzene rings is 2. The second-order valence-corrected chi connectivity index (χ2v) is 10.5. The first kappa shape index (κ1) is 25.9. The summed E-state index contributed by atoms with van der Waals surface area (Å²) < 4.78 is 35.5. The Balaban J connectivity index is 1.39. The zero-order chi connectivity index (χ0) is 27.6. The number of ether oxygens (including phenoxy) is 6. The first-order valence-electron chi connectivity index (χ1n) is 13.0. The molecule has 0 aromatic heterocycles. The lowest BCUT2D eigenvalue weighted by Crippen LogP contribution is -2.78. The number of hydrogen-bond donors (Lipinski definition) is 3. The summed E-state index contributed by atoms with van der Waals surface area (Å²) in [6.45, 7) is 0.662. The summed E-state index contributed by atoms with van der Waals surface area (Å²) in [4.78, 5) is 13.1. The van der Waals surface area contributed by atoms with Crippen LogP contribution in [0.2, 0.25) is 0 Å². The van der Waals surface area contributed by atoms with Gasteiger partial charge in [0.2, 0.25) is 5.79 Å². The van der Waals surface area contributed by atoms with Gasteiger partial charge in [-0.3, -0.25) is 0 Å². The van der Waals surface area contributed by atoms with E-state index in [9.17, 15) is 15.0 Å². The Morgan fingerprint density at radius 2 is 1.85 bits per heavy atom. The summed E-state index contributed by atoms with van der Waals surface area (Å²) in [5.74, 6) is -1.11. The Morgan fingerprint density at radius 3 is 2.54 bits per heavy atom. The molecule has 1 saturated carbocycles. The zero-order valence-electron chi connectivity index (χ0n) is 22.4. The van der Waals surface area contributed by atoms with Crippen LogP contribution in [0.4, 0.5) is 0 Å². The van der Waals surface area contributed by atoms with Crippen molar-refractivity contribution in [1.29, 1.82) is 0 Å². The molecule has 2 aromatic carbocycles. The Hall–Kier alpha value is -3.31. The maximum atomic E-state index is 13.1. The summed E-state index contributed by atoms with van der Waals surface area (Å²) >= 11 is 0. The minimum absolute atomic E-state index is 0.0333. The van der Waals surface area contributed by atoms with Crippen molar-refractivity contribution in [3.05, 3.63) is 53.1 Å². The van der Waals surface area contributed by atoms with Crippen LogP contribution in [0.15, 0.2) is 36.4 Å². The molecule has 2 heterocycles. The minimum Gasteiger partial charge on any atom is -0.504 e. The summed E-state index contributed by atoms with van der Waals surface area (Å²) in [5, 5.41) is 25.2. The molecule has 2 saturated heterocycles. The molecule has 10 nitrogen and oxygen atoms in total. The first-order valence-corrected chi connectivity index (χ1v) is 13.0. The zero-order valence-corrected chi connectivity index (χ0v) is 22.4. The van der Waals surface area contributed by atoms with Crippen molar-refractivity contribution in [3.63, 3.8) is 0 Å². The molecule has 208 valence electrons. The van der Waals surface area contributed by atoms with Gasteiger partial charge >= 0.3 is 5.97 Å². The van der Waals surface area contributed by atoms with Gasteiger partial charge in [0, 0.05) is 37.7 Å². The summed E-state index contributed by atoms with van der Waals surface area (Å²) in [6.07, 6.45) is 2.70. The molecule has 39 heavy (non-hydrogen) atoms. The van der Waals surface area contributed by atoms with Crippen LogP contribution in [0.5, 0.6) is 23.0 Å². The quantitative estimate of drug-likeness (QED) is 0.357. The third-order valence-electron chi connectivity index (χ3n) is 9.12. The number of carbonyl (C=O) groups is 1. The molecule has 2 aromatic rings. The van der Waals surface area contributed by atoms with Gasteiger partial charge in [-0.05, 0) is 54.8 Å². The molecule has 3 N–H and O–H groups in total. The van der Waals surface area contributed by atoms with Gasteiger partial charge in [-0.15, -0.1) is 0 Å². The smallest absolute Gasteiger partial charge is 0.331 e. The SMILES string of the molecule is COc1ccc(/C=C/C(=O)O[C@H]2C[C@]34CCN[C@@]35C[C@H](O[C@@]5(OC)C2OC)c2ccc(OC)c(O)c24)cc1O. The lowest BCUT2D eigenvalue weighted by molar-refractivity contribution is -0.328. The van der Waals surface area contributed by atoms with Gasteiger partial charge in [-0.2, -0.15) is 0 Å². The average Bonchev–Trinajstić information content (AvgIpc) is 3.48. The predicted octanol–water partition coefficient (Wildman–Crippen LogP) is 2.95. The molecule has 4 aliphatic rings. The van der Waals surface area contributed by atoms with Crippen LogP contribution in [0, 0.1) is 0 Å². The number of nitrogens with one attached hydrogen (secondary N) is 1. The van der Waals surface area contributed by atoms with E-state index in [1.807, 2.05) is 6.07 Å². The van der Waals surface area contributed by atoms with Gasteiger partial charge in [0.15, 0.2) is 23.0 Å². The Kier molecular flexibility index (Phi) is 6.07. The van der Waals surface area contributed by atoms with Crippen molar-refractivity contribution < 1.29 is 43.4 Å². The van der Waals surface area contributed by atoms with Gasteiger partial charge in [-0.1, -0.05) is 12.1 Å². The van der Waals surface area contributed by atoms with Crippen LogP contribution in [0.3, 0.4) is 0 Å².